The zero-order chi connectivity index (χ0) is 21.6. The summed E-state index contributed by atoms with van der Waals surface area (Å²) in [5.74, 6) is 1.35. The smallest absolute Gasteiger partial charge is 0.262 e. The molecule has 0 radical (unpaired) electrons. The second kappa shape index (κ2) is 9.21. The second-order valence-electron chi connectivity index (χ2n) is 7.02. The minimum Gasteiger partial charge on any atom is -0.483 e. The van der Waals surface area contributed by atoms with Crippen LogP contribution in [0.4, 0.5) is 5.69 Å². The van der Waals surface area contributed by atoms with Crippen molar-refractivity contribution in [3.8, 4) is 17.2 Å². The molecule has 31 heavy (non-hydrogen) atoms. The van der Waals surface area contributed by atoms with Crippen molar-refractivity contribution < 1.29 is 23.8 Å². The number of benzene rings is 3. The molecule has 2 amide bonds. The van der Waals surface area contributed by atoms with Gasteiger partial charge in [-0.2, -0.15) is 0 Å². The highest BCUT2D eigenvalue weighted by Crippen LogP contribution is 2.32. The van der Waals surface area contributed by atoms with E-state index in [4.69, 9.17) is 14.2 Å². The molecule has 0 saturated carbocycles. The zero-order valence-electron chi connectivity index (χ0n) is 17.0. The minimum atomic E-state index is -0.348. The van der Waals surface area contributed by atoms with Crippen molar-refractivity contribution in [2.24, 2.45) is 0 Å². The summed E-state index contributed by atoms with van der Waals surface area (Å²) in [6.45, 7) is 2.27. The fourth-order valence-electron chi connectivity index (χ4n) is 3.17. The predicted octanol–water partition coefficient (Wildman–Crippen LogP) is 3.67. The third-order valence-electron chi connectivity index (χ3n) is 4.79. The molecule has 0 atom stereocenters. The Hall–Kier alpha value is -4.00. The van der Waals surface area contributed by atoms with E-state index in [1.165, 1.54) is 0 Å². The topological polar surface area (TPSA) is 85.9 Å². The third kappa shape index (κ3) is 4.95. The number of carbonyl (C=O) groups excluding carboxylic acids is 2. The largest absolute Gasteiger partial charge is 0.483 e. The van der Waals surface area contributed by atoms with Gasteiger partial charge >= 0.3 is 0 Å². The van der Waals surface area contributed by atoms with Gasteiger partial charge in [0.15, 0.2) is 18.1 Å². The monoisotopic (exact) mass is 418 g/mol. The molecular weight excluding hydrogens is 396 g/mol. The number of para-hydroxylation sites is 2. The normalized spacial score (nSPS) is 11.6. The lowest BCUT2D eigenvalue weighted by atomic mass is 10.1. The number of hydrogen-bond donors (Lipinski definition) is 2. The molecule has 1 heterocycles. The Kier molecular flexibility index (Phi) is 6.03. The molecule has 0 aliphatic carbocycles. The van der Waals surface area contributed by atoms with Crippen molar-refractivity contribution in [2.75, 3.05) is 18.7 Å². The molecule has 7 heteroatoms. The van der Waals surface area contributed by atoms with Gasteiger partial charge in [0.1, 0.15) is 5.75 Å². The summed E-state index contributed by atoms with van der Waals surface area (Å²) in [7, 11) is 0. The summed E-state index contributed by atoms with van der Waals surface area (Å²) in [6, 6.07) is 19.8. The van der Waals surface area contributed by atoms with Gasteiger partial charge in [-0.15, -0.1) is 0 Å². The van der Waals surface area contributed by atoms with Crippen LogP contribution in [0.2, 0.25) is 0 Å². The fraction of sp³-hybridized carbons (Fsp3) is 0.167. The summed E-state index contributed by atoms with van der Waals surface area (Å²) in [6.07, 6.45) is 0. The van der Waals surface area contributed by atoms with Crippen molar-refractivity contribution in [2.45, 2.75) is 13.5 Å². The maximum Gasteiger partial charge on any atom is 0.262 e. The van der Waals surface area contributed by atoms with Crippen molar-refractivity contribution >= 4 is 17.5 Å². The van der Waals surface area contributed by atoms with Gasteiger partial charge in [0.05, 0.1) is 11.3 Å². The Bertz CT molecular complexity index is 1110. The van der Waals surface area contributed by atoms with Crippen LogP contribution in [0.5, 0.6) is 17.2 Å². The Morgan fingerprint density at radius 2 is 1.74 bits per heavy atom. The molecule has 3 aromatic rings. The Labute approximate surface area is 179 Å². The maximum atomic E-state index is 12.7. The molecule has 0 aromatic heterocycles. The van der Waals surface area contributed by atoms with Crippen LogP contribution in [0.25, 0.3) is 0 Å². The van der Waals surface area contributed by atoms with Crippen LogP contribution >= 0.6 is 0 Å². The summed E-state index contributed by atoms with van der Waals surface area (Å²) in [4.78, 5) is 25.1. The first-order valence-corrected chi connectivity index (χ1v) is 9.84. The molecule has 0 saturated heterocycles. The van der Waals surface area contributed by atoms with Crippen molar-refractivity contribution in [3.63, 3.8) is 0 Å². The van der Waals surface area contributed by atoms with Gasteiger partial charge in [-0.1, -0.05) is 36.4 Å². The summed E-state index contributed by atoms with van der Waals surface area (Å²) >= 11 is 0. The first-order chi connectivity index (χ1) is 15.1. The Morgan fingerprint density at radius 3 is 2.61 bits per heavy atom. The molecule has 4 rings (SSSR count). The summed E-state index contributed by atoms with van der Waals surface area (Å²) in [5.41, 5.74) is 2.61. The minimum absolute atomic E-state index is 0.155. The average molecular weight is 418 g/mol. The van der Waals surface area contributed by atoms with Crippen molar-refractivity contribution in [3.05, 3.63) is 83.4 Å². The van der Waals surface area contributed by atoms with Crippen LogP contribution in [-0.2, 0) is 11.3 Å². The van der Waals surface area contributed by atoms with E-state index in [9.17, 15) is 9.59 Å². The highest BCUT2D eigenvalue weighted by molar-refractivity contribution is 6.04. The first kappa shape index (κ1) is 20.3. The molecule has 1 aliphatic heterocycles. The zero-order valence-corrected chi connectivity index (χ0v) is 17.0. The van der Waals surface area contributed by atoms with Crippen LogP contribution in [0.3, 0.4) is 0 Å². The number of hydrogen-bond acceptors (Lipinski definition) is 5. The molecule has 3 aromatic carbocycles. The number of fused-ring (bicyclic) bond motifs is 1. The number of nitrogens with one attached hydrogen (secondary N) is 2. The van der Waals surface area contributed by atoms with E-state index in [-0.39, 0.29) is 25.2 Å². The molecule has 0 bridgehead atoms. The fourth-order valence-corrected chi connectivity index (χ4v) is 3.17. The van der Waals surface area contributed by atoms with Crippen LogP contribution in [0.1, 0.15) is 21.5 Å². The van der Waals surface area contributed by atoms with Crippen LogP contribution in [0.15, 0.2) is 66.7 Å². The highest BCUT2D eigenvalue weighted by atomic mass is 16.7. The van der Waals surface area contributed by atoms with Gasteiger partial charge in [-0.3, -0.25) is 9.59 Å². The number of anilines is 1. The van der Waals surface area contributed by atoms with Gasteiger partial charge in [0.2, 0.25) is 6.79 Å². The number of amides is 2. The first-order valence-electron chi connectivity index (χ1n) is 9.84. The average Bonchev–Trinajstić information content (AvgIpc) is 3.25. The molecular formula is C24H22N2O5. The quantitative estimate of drug-likeness (QED) is 0.612. The van der Waals surface area contributed by atoms with Gasteiger partial charge < -0.3 is 24.8 Å². The van der Waals surface area contributed by atoms with Gasteiger partial charge in [0.25, 0.3) is 11.8 Å². The number of carbonyl (C=O) groups is 2. The number of rotatable bonds is 7. The van der Waals surface area contributed by atoms with E-state index >= 15 is 0 Å². The van der Waals surface area contributed by atoms with E-state index in [2.05, 4.69) is 10.6 Å². The van der Waals surface area contributed by atoms with Crippen LogP contribution in [-0.4, -0.2) is 25.2 Å². The van der Waals surface area contributed by atoms with Crippen molar-refractivity contribution in [1.29, 1.82) is 0 Å². The van der Waals surface area contributed by atoms with E-state index in [1.54, 1.807) is 30.3 Å². The lowest BCUT2D eigenvalue weighted by molar-refractivity contribution is -0.118. The standard InChI is InChI=1S/C24H22N2O5/c1-16-6-2-5-9-20(16)29-14-23(27)26-19-8-4-3-7-18(19)24(28)25-13-17-10-11-21-22(12-17)31-15-30-21/h2-12H,13-15H2,1H3,(H,25,28)(H,26,27). The molecule has 0 spiro atoms. The summed E-state index contributed by atoms with van der Waals surface area (Å²) < 4.78 is 16.2. The van der Waals surface area contributed by atoms with E-state index < -0.39 is 0 Å². The SMILES string of the molecule is Cc1ccccc1OCC(=O)Nc1ccccc1C(=O)NCc1ccc2c(c1)OCO2. The van der Waals surface area contributed by atoms with E-state index in [1.807, 2.05) is 43.3 Å². The molecule has 158 valence electrons. The Morgan fingerprint density at radius 1 is 0.968 bits per heavy atom. The lowest BCUT2D eigenvalue weighted by Gasteiger charge is -2.13. The van der Waals surface area contributed by atoms with E-state index in [0.29, 0.717) is 35.0 Å². The molecule has 7 nitrogen and oxygen atoms in total. The Balaban J connectivity index is 1.36. The van der Waals surface area contributed by atoms with E-state index in [0.717, 1.165) is 11.1 Å². The lowest BCUT2D eigenvalue weighted by Crippen LogP contribution is -2.26. The highest BCUT2D eigenvalue weighted by Gasteiger charge is 2.16. The van der Waals surface area contributed by atoms with Crippen LogP contribution in [0, 0.1) is 6.92 Å². The van der Waals surface area contributed by atoms with Gasteiger partial charge in [-0.25, -0.2) is 0 Å². The maximum absolute atomic E-state index is 12.7. The van der Waals surface area contributed by atoms with Crippen LogP contribution < -0.4 is 24.8 Å². The molecule has 0 fully saturated rings. The molecule has 0 unspecified atom stereocenters. The van der Waals surface area contributed by atoms with Gasteiger partial charge in [0, 0.05) is 6.54 Å². The predicted molar refractivity (Wildman–Crippen MR) is 115 cm³/mol. The van der Waals surface area contributed by atoms with Crippen molar-refractivity contribution in [1.82, 2.24) is 5.32 Å². The molecule has 1 aliphatic rings. The molecule has 2 N–H and O–H groups in total. The number of aryl methyl sites for hydroxylation is 1. The third-order valence-corrected chi connectivity index (χ3v) is 4.79. The summed E-state index contributed by atoms with van der Waals surface area (Å²) in [5, 5.41) is 5.62. The number of ether oxygens (including phenoxy) is 3. The second-order valence-corrected chi connectivity index (χ2v) is 7.02. The van der Waals surface area contributed by atoms with Gasteiger partial charge in [-0.05, 0) is 48.4 Å².